The van der Waals surface area contributed by atoms with Gasteiger partial charge in [-0.25, -0.2) is 0 Å². The van der Waals surface area contributed by atoms with Gasteiger partial charge in [0.2, 0.25) is 3.42 Å². The lowest BCUT2D eigenvalue weighted by atomic mass is 10.7. The third-order valence-corrected chi connectivity index (χ3v) is 2.92. The first-order chi connectivity index (χ1) is 2.94. The summed E-state index contributed by atoms with van der Waals surface area (Å²) in [5, 5.41) is 8.78. The minimum Gasteiger partial charge on any atom is -0.365 e. The van der Waals surface area contributed by atoms with Crippen molar-refractivity contribution < 1.29 is 5.11 Å². The van der Waals surface area contributed by atoms with Crippen LogP contribution in [0.4, 0.5) is 0 Å². The Morgan fingerprint density at radius 2 is 1.71 bits per heavy atom. The molecule has 0 heterocycles. The number of rotatable bonds is 1. The van der Waals surface area contributed by atoms with Crippen LogP contribution in [0.5, 0.6) is 0 Å². The summed E-state index contributed by atoms with van der Waals surface area (Å²) in [5.41, 5.74) is 0. The van der Waals surface area contributed by atoms with Crippen LogP contribution in [0.1, 0.15) is 0 Å². The molecule has 0 fully saturated rings. The Balaban J connectivity index is 3.79. The third kappa shape index (κ3) is 3.70. The Morgan fingerprint density at radius 3 is 1.71 bits per heavy atom. The van der Waals surface area contributed by atoms with E-state index in [0.717, 1.165) is 0 Å². The van der Waals surface area contributed by atoms with E-state index in [1.54, 1.807) is 0 Å². The number of halogens is 3. The van der Waals surface area contributed by atoms with Gasteiger partial charge >= 0.3 is 0 Å². The van der Waals surface area contributed by atoms with Crippen LogP contribution < -0.4 is 0 Å². The van der Waals surface area contributed by atoms with Gasteiger partial charge in [0.25, 0.3) is 0 Å². The molecule has 4 heteroatoms. The zero-order valence-electron chi connectivity index (χ0n) is 3.29. The van der Waals surface area contributed by atoms with Crippen molar-refractivity contribution in [1.29, 1.82) is 0 Å². The van der Waals surface area contributed by atoms with E-state index >= 15 is 0 Å². The monoisotopic (exact) mass is 292 g/mol. The van der Waals surface area contributed by atoms with E-state index in [9.17, 15) is 0 Å². The van der Waals surface area contributed by atoms with Gasteiger partial charge in [0.15, 0.2) is 0 Å². The predicted octanol–water partition coefficient (Wildman–Crippen LogP) is 2.33. The van der Waals surface area contributed by atoms with Gasteiger partial charge in [-0.3, -0.25) is 0 Å². The van der Waals surface area contributed by atoms with Crippen LogP contribution in [0.15, 0.2) is 11.1 Å². The Hall–Kier alpha value is 1.14. The van der Waals surface area contributed by atoms with Crippen LogP contribution in [0.2, 0.25) is 0 Å². The smallest absolute Gasteiger partial charge is 0.207 e. The van der Waals surface area contributed by atoms with E-state index in [1.165, 1.54) is 0 Å². The fourth-order valence-electron chi connectivity index (χ4n) is 0. The molecular weight excluding hydrogens is 292 g/mol. The lowest BCUT2D eigenvalue weighted by molar-refractivity contribution is 0.290. The Morgan fingerprint density at radius 1 is 1.57 bits per heavy atom. The molecule has 0 bridgehead atoms. The van der Waals surface area contributed by atoms with Gasteiger partial charge in [0, 0.05) is 4.48 Å². The Kier molecular flexibility index (Phi) is 3.04. The maximum absolute atomic E-state index is 8.78. The van der Waals surface area contributed by atoms with E-state index in [4.69, 9.17) is 5.11 Å². The van der Waals surface area contributed by atoms with Crippen molar-refractivity contribution in [3.05, 3.63) is 11.1 Å². The van der Waals surface area contributed by atoms with Gasteiger partial charge in [0.1, 0.15) is 0 Å². The molecule has 0 aliphatic carbocycles. The van der Waals surface area contributed by atoms with Gasteiger partial charge in [-0.15, -0.1) is 0 Å². The number of hydrogen-bond acceptors (Lipinski definition) is 1. The number of alkyl halides is 2. The van der Waals surface area contributed by atoms with Crippen LogP contribution in [0.25, 0.3) is 0 Å². The van der Waals surface area contributed by atoms with E-state index in [0.29, 0.717) is 4.48 Å². The first-order valence-corrected chi connectivity index (χ1v) is 3.77. The molecule has 0 saturated heterocycles. The predicted molar refractivity (Wildman–Crippen MR) is 40.9 cm³/mol. The summed E-state index contributed by atoms with van der Waals surface area (Å²) in [4.78, 5) is 0. The molecular formula is C3H3Br3O. The van der Waals surface area contributed by atoms with Crippen LogP contribution in [-0.4, -0.2) is 8.53 Å². The summed E-state index contributed by atoms with van der Waals surface area (Å²) in [6, 6.07) is 0. The molecule has 0 saturated carbocycles. The minimum absolute atomic E-state index is 0.444. The molecule has 1 nitrogen and oxygen atoms in total. The topological polar surface area (TPSA) is 20.2 Å². The molecule has 42 valence electrons. The van der Waals surface area contributed by atoms with Gasteiger partial charge in [-0.2, -0.15) is 0 Å². The summed E-state index contributed by atoms with van der Waals surface area (Å²) >= 11 is 8.69. The highest BCUT2D eigenvalue weighted by Crippen LogP contribution is 2.33. The fourth-order valence-corrected chi connectivity index (χ4v) is 0. The summed E-state index contributed by atoms with van der Waals surface area (Å²) in [5.74, 6) is 0. The second-order valence-electron chi connectivity index (χ2n) is 0.946. The van der Waals surface area contributed by atoms with Gasteiger partial charge in [-0.1, -0.05) is 22.5 Å². The lowest BCUT2D eigenvalue weighted by Gasteiger charge is -2.08. The van der Waals surface area contributed by atoms with Crippen molar-refractivity contribution in [2.45, 2.75) is 3.42 Å². The zero-order chi connectivity index (χ0) is 6.08. The van der Waals surface area contributed by atoms with Crippen molar-refractivity contribution >= 4 is 47.8 Å². The molecule has 0 spiro atoms. The van der Waals surface area contributed by atoms with Crippen molar-refractivity contribution in [2.24, 2.45) is 0 Å². The molecule has 0 radical (unpaired) electrons. The van der Waals surface area contributed by atoms with Crippen LogP contribution in [-0.2, 0) is 0 Å². The average Bonchev–Trinajstić information content (AvgIpc) is 1.31. The molecule has 0 aliphatic rings. The third-order valence-electron chi connectivity index (χ3n) is 0.326. The average molecular weight is 295 g/mol. The summed E-state index contributed by atoms with van der Waals surface area (Å²) in [7, 11) is 0. The maximum Gasteiger partial charge on any atom is 0.207 e. The van der Waals surface area contributed by atoms with Crippen LogP contribution in [0.3, 0.4) is 0 Å². The summed E-state index contributed by atoms with van der Waals surface area (Å²) in [6.45, 7) is 3.40. The van der Waals surface area contributed by atoms with Gasteiger partial charge < -0.3 is 5.11 Å². The molecule has 0 aromatic heterocycles. The summed E-state index contributed by atoms with van der Waals surface area (Å²) < 4.78 is -0.708. The van der Waals surface area contributed by atoms with E-state index in [1.807, 2.05) is 0 Å². The molecule has 0 atom stereocenters. The zero-order valence-corrected chi connectivity index (χ0v) is 8.05. The largest absolute Gasteiger partial charge is 0.365 e. The molecule has 0 aromatic carbocycles. The van der Waals surface area contributed by atoms with Gasteiger partial charge in [0.05, 0.1) is 0 Å². The highest BCUT2D eigenvalue weighted by atomic mass is 79.9. The molecule has 1 N–H and O–H groups in total. The minimum atomic E-state index is -1.15. The molecule has 0 unspecified atom stereocenters. The van der Waals surface area contributed by atoms with E-state index in [-0.39, 0.29) is 0 Å². The second-order valence-corrected chi connectivity index (χ2v) is 5.26. The molecule has 0 amide bonds. The normalized spacial score (nSPS) is 11.4. The number of hydrogen-bond donors (Lipinski definition) is 1. The molecule has 0 rings (SSSR count). The molecule has 7 heavy (non-hydrogen) atoms. The SMILES string of the molecule is C=C(Br)C(O)(Br)Br. The number of aliphatic hydroxyl groups is 1. The highest BCUT2D eigenvalue weighted by molar-refractivity contribution is 9.26. The van der Waals surface area contributed by atoms with E-state index in [2.05, 4.69) is 54.4 Å². The fraction of sp³-hybridized carbons (Fsp3) is 0.333. The van der Waals surface area contributed by atoms with Crippen LogP contribution >= 0.6 is 47.8 Å². The van der Waals surface area contributed by atoms with Crippen LogP contribution in [0, 0.1) is 0 Å². The van der Waals surface area contributed by atoms with Crippen molar-refractivity contribution in [2.75, 3.05) is 0 Å². The van der Waals surface area contributed by atoms with Crippen molar-refractivity contribution in [3.8, 4) is 0 Å². The van der Waals surface area contributed by atoms with Crippen molar-refractivity contribution in [1.82, 2.24) is 0 Å². The highest BCUT2D eigenvalue weighted by Gasteiger charge is 2.18. The molecule has 0 aromatic rings. The summed E-state index contributed by atoms with van der Waals surface area (Å²) in [6.07, 6.45) is 0. The standard InChI is InChI=1S/C3H3Br3O/c1-2(4)3(5,6)7/h7H,1H2. The quantitative estimate of drug-likeness (QED) is 0.736. The first-order valence-electron chi connectivity index (χ1n) is 1.39. The lowest BCUT2D eigenvalue weighted by Crippen LogP contribution is -2.06. The second kappa shape index (κ2) is 2.62. The maximum atomic E-state index is 8.78. The van der Waals surface area contributed by atoms with Crippen molar-refractivity contribution in [3.63, 3.8) is 0 Å². The van der Waals surface area contributed by atoms with E-state index < -0.39 is 3.42 Å². The Bertz CT molecular complexity index is 82.7. The molecule has 0 aliphatic heterocycles. The Labute approximate surface area is 67.2 Å². The first kappa shape index (κ1) is 8.14. The van der Waals surface area contributed by atoms with Gasteiger partial charge in [-0.05, 0) is 31.9 Å².